The molecule has 0 aromatic heterocycles. The molecule has 0 fully saturated rings. The predicted octanol–water partition coefficient (Wildman–Crippen LogP) is 5.28. The van der Waals surface area contributed by atoms with E-state index in [-0.39, 0.29) is 29.9 Å². The number of sulfonamides is 1. The lowest BCUT2D eigenvalue weighted by Gasteiger charge is -2.23. The lowest BCUT2D eigenvalue weighted by atomic mass is 10.00. The van der Waals surface area contributed by atoms with E-state index in [0.29, 0.717) is 29.3 Å². The van der Waals surface area contributed by atoms with Gasteiger partial charge in [-0.3, -0.25) is 9.59 Å². The molecule has 0 saturated carbocycles. The van der Waals surface area contributed by atoms with E-state index in [9.17, 15) is 36.0 Å². The van der Waals surface area contributed by atoms with Crippen molar-refractivity contribution in [1.82, 2.24) is 4.31 Å². The van der Waals surface area contributed by atoms with Crippen LogP contribution in [0.15, 0.2) is 47.4 Å². The van der Waals surface area contributed by atoms with Crippen molar-refractivity contribution >= 4 is 27.9 Å². The molecule has 0 radical (unpaired) electrons. The van der Waals surface area contributed by atoms with Gasteiger partial charge in [0.1, 0.15) is 4.90 Å². The van der Waals surface area contributed by atoms with Gasteiger partial charge >= 0.3 is 18.1 Å². The highest BCUT2D eigenvalue weighted by atomic mass is 32.2. The molecule has 3 rings (SSSR count). The number of carbonyl (C=O) groups excluding carboxylic acids is 3. The molecule has 0 spiro atoms. The van der Waals surface area contributed by atoms with E-state index in [0.717, 1.165) is 25.0 Å². The summed E-state index contributed by atoms with van der Waals surface area (Å²) < 4.78 is 77.2. The molecular weight excluding hydrogens is 527 g/mol. The number of amides is 1. The maximum atomic E-state index is 13.7. The van der Waals surface area contributed by atoms with Crippen LogP contribution < -0.4 is 0 Å². The Morgan fingerprint density at radius 1 is 0.921 bits per heavy atom. The van der Waals surface area contributed by atoms with Gasteiger partial charge in [0, 0.05) is 5.56 Å². The molecule has 38 heavy (non-hydrogen) atoms. The summed E-state index contributed by atoms with van der Waals surface area (Å²) in [5.74, 6) is -2.83. The van der Waals surface area contributed by atoms with Crippen LogP contribution in [0, 0.1) is 0 Å². The minimum atomic E-state index is -4.71. The fourth-order valence-electron chi connectivity index (χ4n) is 3.96. The second-order valence-electron chi connectivity index (χ2n) is 8.69. The van der Waals surface area contributed by atoms with E-state index in [4.69, 9.17) is 9.47 Å². The molecule has 1 aliphatic heterocycles. The van der Waals surface area contributed by atoms with Crippen molar-refractivity contribution in [2.24, 2.45) is 0 Å². The van der Waals surface area contributed by atoms with Gasteiger partial charge in [0.05, 0.1) is 36.8 Å². The lowest BCUT2D eigenvalue weighted by Crippen LogP contribution is -2.36. The Morgan fingerprint density at radius 2 is 1.53 bits per heavy atom. The summed E-state index contributed by atoms with van der Waals surface area (Å²) >= 11 is 0. The molecule has 2 aromatic carbocycles. The van der Waals surface area contributed by atoms with Crippen molar-refractivity contribution in [3.05, 3.63) is 64.7 Å². The third-order valence-electron chi connectivity index (χ3n) is 5.94. The van der Waals surface area contributed by atoms with E-state index in [2.05, 4.69) is 0 Å². The van der Waals surface area contributed by atoms with Gasteiger partial charge in [-0.25, -0.2) is 17.5 Å². The van der Waals surface area contributed by atoms with Crippen LogP contribution in [0.3, 0.4) is 0 Å². The second kappa shape index (κ2) is 12.0. The maximum absolute atomic E-state index is 13.7. The number of carbonyl (C=O) groups is 3. The summed E-state index contributed by atoms with van der Waals surface area (Å²) in [5.41, 5.74) is -1.64. The van der Waals surface area contributed by atoms with Crippen LogP contribution in [0.5, 0.6) is 0 Å². The van der Waals surface area contributed by atoms with Crippen LogP contribution in [-0.2, 0) is 30.5 Å². The molecule has 1 unspecified atom stereocenters. The van der Waals surface area contributed by atoms with Crippen molar-refractivity contribution in [3.63, 3.8) is 0 Å². The van der Waals surface area contributed by atoms with Crippen LogP contribution in [0.1, 0.15) is 83.8 Å². The summed E-state index contributed by atoms with van der Waals surface area (Å²) in [6.07, 6.45) is -2.59. The first-order valence-corrected chi connectivity index (χ1v) is 13.6. The first-order chi connectivity index (χ1) is 17.9. The SMILES string of the molecule is CCCCOC(=O)CC1c2cccc(C(=O)OCCCC)c2S(=O)(=O)N1C(=O)c1ccc(C(F)(F)F)cc1. The monoisotopic (exact) mass is 555 g/mol. The number of benzene rings is 2. The van der Waals surface area contributed by atoms with E-state index >= 15 is 0 Å². The molecule has 0 saturated heterocycles. The number of ether oxygens (including phenoxy) is 2. The molecule has 8 nitrogen and oxygen atoms in total. The van der Waals surface area contributed by atoms with Gasteiger partial charge in [-0.05, 0) is 48.7 Å². The number of halogens is 3. The van der Waals surface area contributed by atoms with Gasteiger partial charge in [0.2, 0.25) is 0 Å². The maximum Gasteiger partial charge on any atom is 0.416 e. The molecule has 12 heteroatoms. The molecule has 1 atom stereocenters. The zero-order valence-electron chi connectivity index (χ0n) is 20.9. The number of unbranched alkanes of at least 4 members (excludes halogenated alkanes) is 2. The molecule has 1 aliphatic rings. The normalized spacial score (nSPS) is 16.1. The van der Waals surface area contributed by atoms with Crippen LogP contribution in [0.4, 0.5) is 13.2 Å². The van der Waals surface area contributed by atoms with Crippen LogP contribution in [0.2, 0.25) is 0 Å². The molecular formula is C26H28F3NO7S. The minimum Gasteiger partial charge on any atom is -0.466 e. The highest BCUT2D eigenvalue weighted by molar-refractivity contribution is 7.90. The molecule has 0 N–H and O–H groups in total. The Hall–Kier alpha value is -3.41. The van der Waals surface area contributed by atoms with E-state index in [1.54, 1.807) is 0 Å². The van der Waals surface area contributed by atoms with E-state index < -0.39 is 57.0 Å². The number of fused-ring (bicyclic) bond motifs is 1. The highest BCUT2D eigenvalue weighted by Gasteiger charge is 2.49. The van der Waals surface area contributed by atoms with Gasteiger partial charge < -0.3 is 9.47 Å². The molecule has 2 aromatic rings. The van der Waals surface area contributed by atoms with Crippen molar-refractivity contribution < 1.29 is 45.4 Å². The second-order valence-corrected chi connectivity index (χ2v) is 10.4. The van der Waals surface area contributed by atoms with Crippen LogP contribution in [0.25, 0.3) is 0 Å². The molecule has 0 aliphatic carbocycles. The van der Waals surface area contributed by atoms with Gasteiger partial charge in [-0.1, -0.05) is 38.8 Å². The summed E-state index contributed by atoms with van der Waals surface area (Å²) in [4.78, 5) is 38.3. The van der Waals surface area contributed by atoms with Gasteiger partial charge in [0.25, 0.3) is 15.9 Å². The Morgan fingerprint density at radius 3 is 2.11 bits per heavy atom. The number of alkyl halides is 3. The van der Waals surface area contributed by atoms with Crippen molar-refractivity contribution in [3.8, 4) is 0 Å². The smallest absolute Gasteiger partial charge is 0.416 e. The highest BCUT2D eigenvalue weighted by Crippen LogP contribution is 2.44. The zero-order chi connectivity index (χ0) is 28.1. The predicted molar refractivity (Wildman–Crippen MR) is 130 cm³/mol. The van der Waals surface area contributed by atoms with Crippen LogP contribution >= 0.6 is 0 Å². The van der Waals surface area contributed by atoms with E-state index in [1.165, 1.54) is 18.2 Å². The first kappa shape index (κ1) is 29.2. The number of hydrogen-bond acceptors (Lipinski definition) is 7. The van der Waals surface area contributed by atoms with Crippen molar-refractivity contribution in [1.29, 1.82) is 0 Å². The fourth-order valence-corrected chi connectivity index (χ4v) is 5.94. The molecule has 1 heterocycles. The lowest BCUT2D eigenvalue weighted by molar-refractivity contribution is -0.144. The van der Waals surface area contributed by atoms with Crippen LogP contribution in [-0.4, -0.2) is 43.8 Å². The van der Waals surface area contributed by atoms with E-state index in [1.807, 2.05) is 13.8 Å². The van der Waals surface area contributed by atoms with Crippen molar-refractivity contribution in [2.75, 3.05) is 13.2 Å². The third-order valence-corrected chi connectivity index (χ3v) is 7.85. The van der Waals surface area contributed by atoms with Crippen molar-refractivity contribution in [2.45, 2.75) is 63.1 Å². The largest absolute Gasteiger partial charge is 0.466 e. The first-order valence-electron chi connectivity index (χ1n) is 12.1. The summed E-state index contributed by atoms with van der Waals surface area (Å²) in [6, 6.07) is 5.70. The average molecular weight is 556 g/mol. The Kier molecular flexibility index (Phi) is 9.18. The van der Waals surface area contributed by atoms with Gasteiger partial charge in [0.15, 0.2) is 0 Å². The topological polar surface area (TPSA) is 107 Å². The summed E-state index contributed by atoms with van der Waals surface area (Å²) in [5, 5.41) is 0. The number of hydrogen-bond donors (Lipinski definition) is 0. The average Bonchev–Trinajstić information content (AvgIpc) is 3.09. The minimum absolute atomic E-state index is 0.0163. The Labute approximate surface area is 218 Å². The van der Waals surface area contributed by atoms with Gasteiger partial charge in [-0.2, -0.15) is 13.2 Å². The number of rotatable bonds is 10. The molecule has 1 amide bonds. The number of nitrogens with zero attached hydrogens (tertiary/aromatic N) is 1. The Bertz CT molecular complexity index is 1290. The third kappa shape index (κ3) is 6.17. The standard InChI is InChI=1S/C26H28F3NO7S/c1-3-5-14-36-22(31)16-21-19-8-7-9-20(25(33)37-15-6-4-2)23(19)38(34,35)30(21)24(32)17-10-12-18(13-11-17)26(27,28)29/h7-13,21H,3-6,14-16H2,1-2H3. The zero-order valence-corrected chi connectivity index (χ0v) is 21.7. The molecule has 0 bridgehead atoms. The number of esters is 2. The summed E-state index contributed by atoms with van der Waals surface area (Å²) in [6.45, 7) is 3.92. The quantitative estimate of drug-likeness (QED) is 0.290. The van der Waals surface area contributed by atoms with Gasteiger partial charge in [-0.15, -0.1) is 0 Å². The Balaban J connectivity index is 2.06. The fraction of sp³-hybridized carbons (Fsp3) is 0.423. The molecule has 206 valence electrons. The summed E-state index contributed by atoms with van der Waals surface area (Å²) in [7, 11) is -4.71.